The van der Waals surface area contributed by atoms with Crippen LogP contribution in [0, 0.1) is 5.92 Å². The van der Waals surface area contributed by atoms with E-state index in [2.05, 4.69) is 0 Å². The number of methoxy groups -OCH3 is 2. The first-order valence-corrected chi connectivity index (χ1v) is 12.5. The largest absolute Gasteiger partial charge is 0.497 e. The van der Waals surface area contributed by atoms with Gasteiger partial charge in [0.2, 0.25) is 11.8 Å². The SMILES string of the molecule is CCC1=C(C(=O)OC)[C@@H](c2cccc(OC)c2)N2C(CC(=O)N3CCC(C(N)=O)CC3)=CSC2=N1. The third kappa shape index (κ3) is 4.93. The minimum absolute atomic E-state index is 0.0321. The average Bonchev–Trinajstić information content (AvgIpc) is 3.29. The number of primary amides is 1. The summed E-state index contributed by atoms with van der Waals surface area (Å²) in [5.74, 6) is -0.307. The fourth-order valence-corrected chi connectivity index (χ4v) is 5.66. The zero-order valence-electron chi connectivity index (χ0n) is 20.2. The first-order chi connectivity index (χ1) is 16.9. The molecule has 0 saturated carbocycles. The third-order valence-corrected chi connectivity index (χ3v) is 7.51. The molecule has 1 aromatic rings. The topological polar surface area (TPSA) is 115 Å². The Kier molecular flexibility index (Phi) is 7.49. The molecule has 1 saturated heterocycles. The predicted molar refractivity (Wildman–Crippen MR) is 133 cm³/mol. The molecule has 186 valence electrons. The highest BCUT2D eigenvalue weighted by molar-refractivity contribution is 8.16. The van der Waals surface area contributed by atoms with E-state index in [0.717, 1.165) is 16.4 Å². The van der Waals surface area contributed by atoms with Crippen molar-refractivity contribution in [2.75, 3.05) is 27.3 Å². The fraction of sp³-hybridized carbons (Fsp3) is 0.440. The molecule has 3 aliphatic rings. The van der Waals surface area contributed by atoms with Gasteiger partial charge in [0, 0.05) is 24.7 Å². The number of nitrogens with zero attached hydrogens (tertiary/aromatic N) is 3. The van der Waals surface area contributed by atoms with E-state index < -0.39 is 12.0 Å². The van der Waals surface area contributed by atoms with E-state index in [-0.39, 0.29) is 24.2 Å². The Hall–Kier alpha value is -3.27. The molecule has 0 spiro atoms. The van der Waals surface area contributed by atoms with Gasteiger partial charge in [-0.15, -0.1) is 0 Å². The number of amides is 2. The van der Waals surface area contributed by atoms with Gasteiger partial charge in [0.25, 0.3) is 0 Å². The number of likely N-dealkylation sites (tertiary alicyclic amines) is 1. The van der Waals surface area contributed by atoms with Gasteiger partial charge in [-0.1, -0.05) is 30.8 Å². The highest BCUT2D eigenvalue weighted by Crippen LogP contribution is 2.46. The molecule has 35 heavy (non-hydrogen) atoms. The Morgan fingerprint density at radius 3 is 2.57 bits per heavy atom. The number of nitrogens with two attached hydrogens (primary N) is 1. The van der Waals surface area contributed by atoms with Crippen LogP contribution in [0.5, 0.6) is 5.75 Å². The van der Waals surface area contributed by atoms with E-state index in [1.807, 2.05) is 41.5 Å². The van der Waals surface area contributed by atoms with Gasteiger partial charge < -0.3 is 25.0 Å². The number of thioether (sulfide) groups is 1. The van der Waals surface area contributed by atoms with Gasteiger partial charge in [0.05, 0.1) is 38.0 Å². The van der Waals surface area contributed by atoms with Crippen molar-refractivity contribution < 1.29 is 23.9 Å². The molecule has 4 rings (SSSR count). The van der Waals surface area contributed by atoms with E-state index in [1.165, 1.54) is 18.9 Å². The normalized spacial score (nSPS) is 20.3. The van der Waals surface area contributed by atoms with E-state index in [9.17, 15) is 14.4 Å². The van der Waals surface area contributed by atoms with Gasteiger partial charge in [-0.05, 0) is 42.4 Å². The fourth-order valence-electron chi connectivity index (χ4n) is 4.72. The molecule has 1 aromatic carbocycles. The number of ether oxygens (including phenoxy) is 2. The summed E-state index contributed by atoms with van der Waals surface area (Å²) >= 11 is 1.44. The molecule has 1 fully saturated rings. The number of fused-ring (bicyclic) bond motifs is 1. The van der Waals surface area contributed by atoms with Crippen LogP contribution in [0.25, 0.3) is 0 Å². The number of piperidine rings is 1. The van der Waals surface area contributed by atoms with Crippen LogP contribution < -0.4 is 10.5 Å². The Labute approximate surface area is 209 Å². The molecule has 0 unspecified atom stereocenters. The first kappa shape index (κ1) is 24.8. The summed E-state index contributed by atoms with van der Waals surface area (Å²) in [6.45, 7) is 2.95. The molecule has 0 aliphatic carbocycles. The van der Waals surface area contributed by atoms with Crippen molar-refractivity contribution in [1.29, 1.82) is 0 Å². The van der Waals surface area contributed by atoms with Crippen LogP contribution in [0.4, 0.5) is 0 Å². The molecular weight excluding hydrogens is 468 g/mol. The number of aliphatic imine (C=N–C) groups is 1. The van der Waals surface area contributed by atoms with Crippen LogP contribution in [0.15, 0.2) is 51.6 Å². The molecular formula is C25H30N4O5S. The summed E-state index contributed by atoms with van der Waals surface area (Å²) in [6, 6.07) is 7.04. The summed E-state index contributed by atoms with van der Waals surface area (Å²) in [6.07, 6.45) is 1.87. The number of esters is 1. The van der Waals surface area contributed by atoms with Crippen LogP contribution in [0.1, 0.15) is 44.2 Å². The van der Waals surface area contributed by atoms with Gasteiger partial charge in [-0.25, -0.2) is 9.79 Å². The van der Waals surface area contributed by atoms with Crippen molar-refractivity contribution in [3.63, 3.8) is 0 Å². The number of carbonyl (C=O) groups is 3. The maximum absolute atomic E-state index is 13.2. The number of allylic oxidation sites excluding steroid dienone is 1. The minimum Gasteiger partial charge on any atom is -0.497 e. The van der Waals surface area contributed by atoms with Crippen LogP contribution in [-0.4, -0.2) is 60.1 Å². The zero-order chi connectivity index (χ0) is 25.1. The standard InChI is InChI=1S/C25H30N4O5S/c1-4-19-21(24(32)34-3)22(16-6-5-7-18(12-16)33-2)29-17(14-35-25(29)27-19)13-20(30)28-10-8-15(9-11-28)23(26)31/h5-7,12,14-15,22H,4,8-11,13H2,1-3H3,(H2,26,31)/t22-/m1/s1. The predicted octanol–water partition coefficient (Wildman–Crippen LogP) is 2.95. The lowest BCUT2D eigenvalue weighted by Crippen LogP contribution is -2.43. The zero-order valence-corrected chi connectivity index (χ0v) is 21.0. The van der Waals surface area contributed by atoms with Crippen molar-refractivity contribution in [2.45, 2.75) is 38.6 Å². The Bertz CT molecular complexity index is 1120. The highest BCUT2D eigenvalue weighted by Gasteiger charge is 2.42. The second kappa shape index (κ2) is 10.6. The van der Waals surface area contributed by atoms with Crippen LogP contribution in [0.2, 0.25) is 0 Å². The van der Waals surface area contributed by atoms with Gasteiger partial charge >= 0.3 is 5.97 Å². The number of amidine groups is 1. The molecule has 0 radical (unpaired) electrons. The van der Waals surface area contributed by atoms with Gasteiger partial charge in [0.15, 0.2) is 5.17 Å². The first-order valence-electron chi connectivity index (χ1n) is 11.6. The maximum atomic E-state index is 13.2. The van der Waals surface area contributed by atoms with Crippen molar-refractivity contribution in [3.8, 4) is 5.75 Å². The summed E-state index contributed by atoms with van der Waals surface area (Å²) in [7, 11) is 2.96. The molecule has 0 bridgehead atoms. The van der Waals surface area contributed by atoms with Gasteiger partial charge in [-0.3, -0.25) is 9.59 Å². The van der Waals surface area contributed by atoms with Crippen molar-refractivity contribution in [2.24, 2.45) is 16.6 Å². The summed E-state index contributed by atoms with van der Waals surface area (Å²) in [5.41, 5.74) is 8.15. The maximum Gasteiger partial charge on any atom is 0.338 e. The molecule has 9 nitrogen and oxygen atoms in total. The summed E-state index contributed by atoms with van der Waals surface area (Å²) < 4.78 is 10.6. The summed E-state index contributed by atoms with van der Waals surface area (Å²) in [5, 5.41) is 2.64. The number of carbonyl (C=O) groups excluding carboxylic acids is 3. The van der Waals surface area contributed by atoms with Gasteiger partial charge in [0.1, 0.15) is 5.75 Å². The van der Waals surface area contributed by atoms with E-state index in [0.29, 0.717) is 49.4 Å². The number of hydrogen-bond acceptors (Lipinski definition) is 8. The highest BCUT2D eigenvalue weighted by atomic mass is 32.2. The Morgan fingerprint density at radius 1 is 1.20 bits per heavy atom. The van der Waals surface area contributed by atoms with Crippen LogP contribution in [-0.2, 0) is 19.1 Å². The molecule has 10 heteroatoms. The van der Waals surface area contributed by atoms with Crippen molar-refractivity contribution in [3.05, 3.63) is 52.2 Å². The third-order valence-electron chi connectivity index (χ3n) is 6.62. The monoisotopic (exact) mass is 498 g/mol. The van der Waals surface area contributed by atoms with Crippen LogP contribution in [0.3, 0.4) is 0 Å². The smallest absolute Gasteiger partial charge is 0.338 e. The Balaban J connectivity index is 1.65. The molecule has 0 aromatic heterocycles. The second-order valence-electron chi connectivity index (χ2n) is 8.61. The van der Waals surface area contributed by atoms with E-state index >= 15 is 0 Å². The van der Waals surface area contributed by atoms with Crippen molar-refractivity contribution >= 4 is 34.7 Å². The molecule has 2 amide bonds. The lowest BCUT2D eigenvalue weighted by molar-refractivity contribution is -0.136. The van der Waals surface area contributed by atoms with Gasteiger partial charge in [-0.2, -0.15) is 0 Å². The summed E-state index contributed by atoms with van der Waals surface area (Å²) in [4.78, 5) is 46.2. The lowest BCUT2D eigenvalue weighted by atomic mass is 9.92. The van der Waals surface area contributed by atoms with Crippen molar-refractivity contribution in [1.82, 2.24) is 9.80 Å². The quantitative estimate of drug-likeness (QED) is 0.575. The molecule has 1 atom stereocenters. The number of rotatable bonds is 7. The lowest BCUT2D eigenvalue weighted by Gasteiger charge is -2.37. The molecule has 3 heterocycles. The molecule has 2 N–H and O–H groups in total. The minimum atomic E-state index is -0.505. The average molecular weight is 499 g/mol. The van der Waals surface area contributed by atoms with Crippen LogP contribution >= 0.6 is 11.8 Å². The second-order valence-corrected chi connectivity index (χ2v) is 9.45. The molecule has 3 aliphatic heterocycles. The van der Waals surface area contributed by atoms with E-state index in [1.54, 1.807) is 12.0 Å². The number of hydrogen-bond donors (Lipinski definition) is 1. The Morgan fingerprint density at radius 2 is 1.94 bits per heavy atom. The number of benzene rings is 1. The van der Waals surface area contributed by atoms with E-state index in [4.69, 9.17) is 20.2 Å².